The summed E-state index contributed by atoms with van der Waals surface area (Å²) in [5.74, 6) is 0.304. The second kappa shape index (κ2) is 7.49. The summed E-state index contributed by atoms with van der Waals surface area (Å²) in [4.78, 5) is 0. The molecule has 0 aliphatic carbocycles. The molecule has 4 N–H and O–H groups in total. The largest absolute Gasteiger partial charge is 0.409 e. The zero-order valence-corrected chi connectivity index (χ0v) is 11.1. The van der Waals surface area contributed by atoms with Gasteiger partial charge in [-0.2, -0.15) is 0 Å². The molecule has 0 heterocycles. The molecular weight excluding hydrogens is 202 g/mol. The van der Waals surface area contributed by atoms with E-state index in [-0.39, 0.29) is 5.41 Å². The second-order valence-corrected chi connectivity index (χ2v) is 4.97. The van der Waals surface area contributed by atoms with E-state index in [1.807, 2.05) is 13.8 Å². The van der Waals surface area contributed by atoms with Crippen molar-refractivity contribution in [1.29, 1.82) is 0 Å². The van der Waals surface area contributed by atoms with E-state index < -0.39 is 0 Å². The van der Waals surface area contributed by atoms with Gasteiger partial charge in [0.25, 0.3) is 0 Å². The molecule has 0 bridgehead atoms. The number of oxime groups is 1. The van der Waals surface area contributed by atoms with Crippen LogP contribution in [0.25, 0.3) is 0 Å². The minimum atomic E-state index is -0.244. The smallest absolute Gasteiger partial charge is 0.144 e. The van der Waals surface area contributed by atoms with E-state index in [0.717, 1.165) is 19.4 Å². The normalized spacial score (nSPS) is 15.1. The van der Waals surface area contributed by atoms with Gasteiger partial charge in [-0.1, -0.05) is 39.3 Å². The van der Waals surface area contributed by atoms with Crippen LogP contribution in [0.3, 0.4) is 0 Å². The maximum absolute atomic E-state index is 8.65. The number of nitrogens with one attached hydrogen (secondary N) is 1. The van der Waals surface area contributed by atoms with E-state index >= 15 is 0 Å². The van der Waals surface area contributed by atoms with Crippen LogP contribution in [-0.4, -0.2) is 23.6 Å². The molecule has 0 saturated carbocycles. The van der Waals surface area contributed by atoms with Gasteiger partial charge in [0.15, 0.2) is 0 Å². The fourth-order valence-corrected chi connectivity index (χ4v) is 1.65. The third kappa shape index (κ3) is 5.35. The van der Waals surface area contributed by atoms with E-state index in [2.05, 4.69) is 24.3 Å². The number of hydrogen-bond acceptors (Lipinski definition) is 3. The van der Waals surface area contributed by atoms with Crippen LogP contribution < -0.4 is 11.1 Å². The van der Waals surface area contributed by atoms with Gasteiger partial charge in [-0.15, -0.1) is 0 Å². The Morgan fingerprint density at radius 2 is 2.06 bits per heavy atom. The molecule has 16 heavy (non-hydrogen) atoms. The Labute approximate surface area is 99.3 Å². The first-order valence-corrected chi connectivity index (χ1v) is 6.19. The fourth-order valence-electron chi connectivity index (χ4n) is 1.65. The molecule has 0 aliphatic heterocycles. The summed E-state index contributed by atoms with van der Waals surface area (Å²) >= 11 is 0. The van der Waals surface area contributed by atoms with Crippen LogP contribution in [0.5, 0.6) is 0 Å². The number of rotatable bonds is 8. The van der Waals surface area contributed by atoms with E-state index in [0.29, 0.717) is 11.9 Å². The summed E-state index contributed by atoms with van der Waals surface area (Å²) in [6.07, 6.45) is 4.44. The minimum absolute atomic E-state index is 0.244. The van der Waals surface area contributed by atoms with E-state index in [9.17, 15) is 0 Å². The minimum Gasteiger partial charge on any atom is -0.409 e. The van der Waals surface area contributed by atoms with Crippen molar-refractivity contribution in [2.75, 3.05) is 6.54 Å². The number of nitrogens with two attached hydrogens (primary N) is 1. The van der Waals surface area contributed by atoms with Crippen molar-refractivity contribution in [3.8, 4) is 0 Å². The molecule has 0 radical (unpaired) electrons. The molecule has 0 rings (SSSR count). The lowest BCUT2D eigenvalue weighted by atomic mass is 9.88. The van der Waals surface area contributed by atoms with Gasteiger partial charge < -0.3 is 16.3 Å². The van der Waals surface area contributed by atoms with Crippen molar-refractivity contribution in [3.63, 3.8) is 0 Å². The van der Waals surface area contributed by atoms with Crippen LogP contribution >= 0.6 is 0 Å². The summed E-state index contributed by atoms with van der Waals surface area (Å²) in [5, 5.41) is 15.2. The molecule has 0 spiro atoms. The van der Waals surface area contributed by atoms with E-state index in [4.69, 9.17) is 10.9 Å². The summed E-state index contributed by atoms with van der Waals surface area (Å²) in [5.41, 5.74) is 5.39. The first kappa shape index (κ1) is 15.2. The highest BCUT2D eigenvalue weighted by Gasteiger charge is 2.23. The van der Waals surface area contributed by atoms with Crippen molar-refractivity contribution >= 4 is 5.84 Å². The highest BCUT2D eigenvalue weighted by molar-refractivity contribution is 5.85. The monoisotopic (exact) mass is 229 g/mol. The maximum atomic E-state index is 8.65. The number of amidine groups is 1. The zero-order valence-electron chi connectivity index (χ0n) is 11.1. The molecule has 4 nitrogen and oxygen atoms in total. The molecule has 96 valence electrons. The van der Waals surface area contributed by atoms with Gasteiger partial charge in [0.2, 0.25) is 0 Å². The summed E-state index contributed by atoms with van der Waals surface area (Å²) in [6.45, 7) is 9.28. The molecule has 0 aromatic heterocycles. The van der Waals surface area contributed by atoms with Crippen LogP contribution in [-0.2, 0) is 0 Å². The summed E-state index contributed by atoms with van der Waals surface area (Å²) in [7, 11) is 0. The molecule has 0 aromatic carbocycles. The van der Waals surface area contributed by atoms with Crippen LogP contribution in [0.2, 0.25) is 0 Å². The third-order valence-electron chi connectivity index (χ3n) is 3.11. The first-order valence-electron chi connectivity index (χ1n) is 6.19. The Morgan fingerprint density at radius 1 is 1.44 bits per heavy atom. The van der Waals surface area contributed by atoms with Crippen LogP contribution in [0.4, 0.5) is 0 Å². The highest BCUT2D eigenvalue weighted by atomic mass is 16.4. The fraction of sp³-hybridized carbons (Fsp3) is 0.917. The van der Waals surface area contributed by atoms with Gasteiger partial charge in [-0.05, 0) is 25.8 Å². The standard InChI is InChI=1S/C12H27N3O/c1-5-7-10(6-2)14-9-8-12(3,4)11(13)15-16/h10,14,16H,5-9H2,1-4H3,(H2,13,15). The van der Waals surface area contributed by atoms with Crippen LogP contribution in [0.1, 0.15) is 53.4 Å². The third-order valence-corrected chi connectivity index (χ3v) is 3.11. The number of hydrogen-bond donors (Lipinski definition) is 3. The van der Waals surface area contributed by atoms with E-state index in [1.54, 1.807) is 0 Å². The Kier molecular flexibility index (Phi) is 7.13. The Hall–Kier alpha value is -0.770. The van der Waals surface area contributed by atoms with Crippen molar-refractivity contribution in [1.82, 2.24) is 5.32 Å². The van der Waals surface area contributed by atoms with Gasteiger partial charge in [-0.25, -0.2) is 0 Å². The predicted molar refractivity (Wildman–Crippen MR) is 68.8 cm³/mol. The lowest BCUT2D eigenvalue weighted by Crippen LogP contribution is -2.37. The lowest BCUT2D eigenvalue weighted by molar-refractivity contribution is 0.303. The molecule has 0 aliphatic rings. The Morgan fingerprint density at radius 3 is 2.50 bits per heavy atom. The van der Waals surface area contributed by atoms with Crippen molar-refractivity contribution < 1.29 is 5.21 Å². The highest BCUT2D eigenvalue weighted by Crippen LogP contribution is 2.19. The maximum Gasteiger partial charge on any atom is 0.144 e. The van der Waals surface area contributed by atoms with Crippen molar-refractivity contribution in [2.24, 2.45) is 16.3 Å². The van der Waals surface area contributed by atoms with Gasteiger partial charge >= 0.3 is 0 Å². The molecule has 4 heteroatoms. The molecule has 0 amide bonds. The van der Waals surface area contributed by atoms with Crippen molar-refractivity contribution in [2.45, 2.75) is 59.4 Å². The number of nitrogens with zero attached hydrogens (tertiary/aromatic N) is 1. The van der Waals surface area contributed by atoms with Crippen LogP contribution in [0.15, 0.2) is 5.16 Å². The molecule has 1 atom stereocenters. The van der Waals surface area contributed by atoms with Crippen molar-refractivity contribution in [3.05, 3.63) is 0 Å². The molecule has 1 unspecified atom stereocenters. The summed E-state index contributed by atoms with van der Waals surface area (Å²) in [6, 6.07) is 0.591. The molecule has 0 fully saturated rings. The average molecular weight is 229 g/mol. The lowest BCUT2D eigenvalue weighted by Gasteiger charge is -2.24. The first-order chi connectivity index (χ1) is 7.47. The van der Waals surface area contributed by atoms with Crippen LogP contribution in [0, 0.1) is 5.41 Å². The molecule has 0 saturated heterocycles. The van der Waals surface area contributed by atoms with Gasteiger partial charge in [0.05, 0.1) is 0 Å². The average Bonchev–Trinajstić information content (AvgIpc) is 2.26. The van der Waals surface area contributed by atoms with Gasteiger partial charge in [0, 0.05) is 11.5 Å². The van der Waals surface area contributed by atoms with Gasteiger partial charge in [-0.3, -0.25) is 0 Å². The summed E-state index contributed by atoms with van der Waals surface area (Å²) < 4.78 is 0. The SMILES string of the molecule is CCCC(CC)NCCC(C)(C)C(N)=NO. The second-order valence-electron chi connectivity index (χ2n) is 4.97. The topological polar surface area (TPSA) is 70.6 Å². The van der Waals surface area contributed by atoms with E-state index in [1.165, 1.54) is 12.8 Å². The molecular formula is C12H27N3O. The quantitative estimate of drug-likeness (QED) is 0.259. The predicted octanol–water partition coefficient (Wildman–Crippen LogP) is 2.32. The molecule has 0 aromatic rings. The van der Waals surface area contributed by atoms with Gasteiger partial charge in [0.1, 0.15) is 5.84 Å². The Balaban J connectivity index is 3.96. The Bertz CT molecular complexity index is 214. The zero-order chi connectivity index (χ0) is 12.6.